The van der Waals surface area contributed by atoms with E-state index in [1.807, 2.05) is 31.2 Å². The maximum absolute atomic E-state index is 11.0. The second-order valence-electron chi connectivity index (χ2n) is 7.11. The fraction of sp³-hybridized carbons (Fsp3) is 0.286. The van der Waals surface area contributed by atoms with Gasteiger partial charge in [-0.1, -0.05) is 41.3 Å². The van der Waals surface area contributed by atoms with Gasteiger partial charge in [0.1, 0.15) is 4.70 Å². The van der Waals surface area contributed by atoms with Crippen LogP contribution >= 0.6 is 23.1 Å². The van der Waals surface area contributed by atoms with Gasteiger partial charge in [-0.05, 0) is 30.7 Å². The zero-order chi connectivity index (χ0) is 21.3. The number of hydrogen-bond acceptors (Lipinski definition) is 7. The quantitative estimate of drug-likeness (QED) is 0.428. The summed E-state index contributed by atoms with van der Waals surface area (Å²) in [6.45, 7) is 3.03. The number of benzene rings is 2. The molecule has 1 aromatic heterocycles. The lowest BCUT2D eigenvalue weighted by atomic mass is 10.2. The minimum absolute atomic E-state index is 0.0407. The number of thioether (sulfide) groups is 1. The molecule has 0 saturated heterocycles. The lowest BCUT2D eigenvalue weighted by Gasteiger charge is -2.19. The average Bonchev–Trinajstić information content (AvgIpc) is 3.20. The van der Waals surface area contributed by atoms with Crippen LogP contribution in [0.15, 0.2) is 52.4 Å². The summed E-state index contributed by atoms with van der Waals surface area (Å²) in [7, 11) is -4.24. The van der Waals surface area contributed by atoms with Gasteiger partial charge < -0.3 is 14.6 Å². The van der Waals surface area contributed by atoms with Crippen LogP contribution in [0.25, 0.3) is 16.3 Å². The Hall–Kier alpha value is -1.91. The van der Waals surface area contributed by atoms with Crippen molar-refractivity contribution in [2.45, 2.75) is 24.8 Å². The van der Waals surface area contributed by atoms with Crippen molar-refractivity contribution in [3.63, 3.8) is 0 Å². The molecule has 0 unspecified atom stereocenters. The third-order valence-corrected chi connectivity index (χ3v) is 7.88. The van der Waals surface area contributed by atoms with Crippen LogP contribution in [0, 0.1) is 6.92 Å². The first-order valence-electron chi connectivity index (χ1n) is 9.59. The number of para-hydroxylation sites is 1. The molecule has 0 fully saturated rings. The van der Waals surface area contributed by atoms with Gasteiger partial charge in [0.25, 0.3) is 5.01 Å². The first-order valence-corrected chi connectivity index (χ1v) is 12.8. The predicted octanol–water partition coefficient (Wildman–Crippen LogP) is 3.34. The number of hydrogen-bond donors (Lipinski definition) is 1. The molecule has 30 heavy (non-hydrogen) atoms. The highest BCUT2D eigenvalue weighted by atomic mass is 32.2. The summed E-state index contributed by atoms with van der Waals surface area (Å²) in [6.07, 6.45) is 2.35. The standard InChI is InChI=1S/C21H22N2O4S3/c1-15-7-8-19-17(13-15)23(10-11-24)21(29-19)14-20-22(9-4-12-30(25,26)27)16-5-2-3-6-18(16)28-20/h2-3,5-8,13-14,24H,4,9-12H2,1H3. The number of aliphatic hydroxyl groups excluding tert-OH is 1. The van der Waals surface area contributed by atoms with Gasteiger partial charge in [0, 0.05) is 29.7 Å². The van der Waals surface area contributed by atoms with Crippen molar-refractivity contribution in [3.8, 4) is 0 Å². The molecule has 0 spiro atoms. The fourth-order valence-electron chi connectivity index (χ4n) is 3.55. The molecule has 0 amide bonds. The summed E-state index contributed by atoms with van der Waals surface area (Å²) in [4.78, 5) is 3.26. The molecule has 6 nitrogen and oxygen atoms in total. The zero-order valence-electron chi connectivity index (χ0n) is 16.4. The summed E-state index contributed by atoms with van der Waals surface area (Å²) < 4.78 is 36.3. The van der Waals surface area contributed by atoms with Crippen molar-refractivity contribution in [2.24, 2.45) is 0 Å². The normalized spacial score (nSPS) is 15.3. The molecule has 0 radical (unpaired) electrons. The van der Waals surface area contributed by atoms with Crippen molar-refractivity contribution in [2.75, 3.05) is 23.8 Å². The Morgan fingerprint density at radius 3 is 2.80 bits per heavy atom. The first kappa shape index (κ1) is 21.3. The molecule has 0 bridgehead atoms. The van der Waals surface area contributed by atoms with E-state index in [1.165, 1.54) is 0 Å². The molecular weight excluding hydrogens is 440 g/mol. The van der Waals surface area contributed by atoms with Crippen molar-refractivity contribution < 1.29 is 22.6 Å². The average molecular weight is 463 g/mol. The summed E-state index contributed by atoms with van der Waals surface area (Å²) in [5.74, 6) is -0.379. The molecule has 2 heterocycles. The van der Waals surface area contributed by atoms with E-state index in [0.29, 0.717) is 13.1 Å². The first-order chi connectivity index (χ1) is 14.4. The molecule has 158 valence electrons. The van der Waals surface area contributed by atoms with Crippen molar-refractivity contribution in [1.29, 1.82) is 0 Å². The van der Waals surface area contributed by atoms with Crippen LogP contribution in [0.4, 0.5) is 5.69 Å². The number of nitrogens with zero attached hydrogens (tertiary/aromatic N) is 2. The van der Waals surface area contributed by atoms with Crippen LogP contribution in [0.2, 0.25) is 0 Å². The van der Waals surface area contributed by atoms with Gasteiger partial charge in [-0.15, -0.1) is 0 Å². The number of aliphatic hydroxyl groups is 1. The van der Waals surface area contributed by atoms with E-state index in [0.717, 1.165) is 36.4 Å². The topological polar surface area (TPSA) is 84.5 Å². The van der Waals surface area contributed by atoms with E-state index in [2.05, 4.69) is 33.7 Å². The highest BCUT2D eigenvalue weighted by molar-refractivity contribution is 8.03. The number of β-amino-alcohol motifs (C(OH)–C–C–N with tert-alkyl or cyclic N) is 1. The third-order valence-electron chi connectivity index (χ3n) is 4.87. The number of anilines is 1. The summed E-state index contributed by atoms with van der Waals surface area (Å²) >= 11 is 3.29. The third kappa shape index (κ3) is 4.55. The molecule has 1 aliphatic heterocycles. The van der Waals surface area contributed by atoms with Crippen LogP contribution in [0.1, 0.15) is 17.0 Å². The maximum Gasteiger partial charge on any atom is 0.265 e. The molecule has 0 atom stereocenters. The number of aryl methyl sites for hydroxylation is 2. The minimum atomic E-state index is -4.24. The largest absolute Gasteiger partial charge is 0.748 e. The van der Waals surface area contributed by atoms with Gasteiger partial charge in [0.05, 0.1) is 33.5 Å². The summed E-state index contributed by atoms with van der Waals surface area (Å²) in [6, 6.07) is 14.3. The van der Waals surface area contributed by atoms with E-state index in [4.69, 9.17) is 0 Å². The fourth-order valence-corrected chi connectivity index (χ4v) is 6.33. The molecule has 2 aromatic carbocycles. The number of aromatic nitrogens is 1. The number of thiazole rings is 1. The predicted molar refractivity (Wildman–Crippen MR) is 121 cm³/mol. The van der Waals surface area contributed by atoms with Gasteiger partial charge >= 0.3 is 0 Å². The molecule has 4 rings (SSSR count). The Morgan fingerprint density at radius 1 is 1.23 bits per heavy atom. The Labute approximate surface area is 184 Å². The Bertz CT molecular complexity index is 1220. The van der Waals surface area contributed by atoms with E-state index < -0.39 is 10.1 Å². The van der Waals surface area contributed by atoms with Gasteiger partial charge in [-0.3, -0.25) is 0 Å². The molecular formula is C21H22N2O4S3. The van der Waals surface area contributed by atoms with Crippen molar-refractivity contribution in [1.82, 2.24) is 0 Å². The summed E-state index contributed by atoms with van der Waals surface area (Å²) in [5, 5.41) is 11.6. The maximum atomic E-state index is 11.0. The Kier molecular flexibility index (Phi) is 6.17. The van der Waals surface area contributed by atoms with E-state index in [-0.39, 0.29) is 18.8 Å². The van der Waals surface area contributed by atoms with Gasteiger partial charge in [-0.2, -0.15) is 4.57 Å². The zero-order valence-corrected chi connectivity index (χ0v) is 18.9. The second-order valence-corrected chi connectivity index (χ2v) is 10.8. The van der Waals surface area contributed by atoms with E-state index in [1.54, 1.807) is 23.1 Å². The second kappa shape index (κ2) is 8.68. The lowest BCUT2D eigenvalue weighted by molar-refractivity contribution is -0.668. The Morgan fingerprint density at radius 2 is 2.03 bits per heavy atom. The molecule has 9 heteroatoms. The number of fused-ring (bicyclic) bond motifs is 2. The summed E-state index contributed by atoms with van der Waals surface area (Å²) in [5.41, 5.74) is 3.27. The molecule has 3 aromatic rings. The molecule has 1 N–H and O–H groups in total. The monoisotopic (exact) mass is 462 g/mol. The molecule has 1 aliphatic rings. The van der Waals surface area contributed by atoms with E-state index in [9.17, 15) is 18.1 Å². The number of rotatable bonds is 7. The lowest BCUT2D eigenvalue weighted by Crippen LogP contribution is -2.36. The smallest absolute Gasteiger partial charge is 0.265 e. The highest BCUT2D eigenvalue weighted by Gasteiger charge is 2.27. The van der Waals surface area contributed by atoms with Crippen molar-refractivity contribution in [3.05, 3.63) is 58.1 Å². The van der Waals surface area contributed by atoms with Crippen molar-refractivity contribution >= 4 is 55.2 Å². The van der Waals surface area contributed by atoms with Gasteiger partial charge in [0.2, 0.25) is 5.52 Å². The van der Waals surface area contributed by atoms with Crippen LogP contribution in [0.5, 0.6) is 0 Å². The minimum Gasteiger partial charge on any atom is -0.748 e. The van der Waals surface area contributed by atoms with Crippen LogP contribution in [0.3, 0.4) is 0 Å². The Balaban J connectivity index is 1.73. The van der Waals surface area contributed by atoms with Gasteiger partial charge in [-0.25, -0.2) is 8.42 Å². The van der Waals surface area contributed by atoms with Crippen LogP contribution < -0.4 is 9.47 Å². The molecule has 0 aliphatic carbocycles. The van der Waals surface area contributed by atoms with Crippen LogP contribution in [-0.2, 0) is 16.7 Å². The van der Waals surface area contributed by atoms with Gasteiger partial charge in [0.15, 0.2) is 6.54 Å². The SMILES string of the molecule is Cc1ccc2c(c1)N(CCO)C(=Cc1sc3ccccc3[n+]1CCCS(=O)(=O)[O-])S2. The van der Waals surface area contributed by atoms with E-state index >= 15 is 0 Å². The molecule has 0 saturated carbocycles. The van der Waals surface area contributed by atoms with Crippen LogP contribution in [-0.4, -0.2) is 37.0 Å². The highest BCUT2D eigenvalue weighted by Crippen LogP contribution is 2.47.